The maximum Gasteiger partial charge on any atom is 0.306 e. The van der Waals surface area contributed by atoms with E-state index in [1.165, 1.54) is 12.8 Å². The molecule has 406 valence electrons. The summed E-state index contributed by atoms with van der Waals surface area (Å²) >= 11 is 0. The molecule has 7 N–H and O–H groups in total. The Morgan fingerprint density at radius 2 is 0.915 bits per heavy atom. The first-order valence-electron chi connectivity index (χ1n) is 26.8. The van der Waals surface area contributed by atoms with Crippen LogP contribution < -0.4 is 0 Å². The zero-order chi connectivity index (χ0) is 51.6. The van der Waals surface area contributed by atoms with Gasteiger partial charge in [-0.25, -0.2) is 0 Å². The molecule has 2 heterocycles. The second kappa shape index (κ2) is 43.3. The molecule has 0 saturated carbocycles. The lowest BCUT2D eigenvalue weighted by Crippen LogP contribution is -2.61. The van der Waals surface area contributed by atoms with E-state index in [2.05, 4.69) is 111 Å². The fourth-order valence-electron chi connectivity index (χ4n) is 7.71. The molecule has 0 spiro atoms. The predicted molar refractivity (Wildman–Crippen MR) is 279 cm³/mol. The maximum atomic E-state index is 13.0. The Morgan fingerprint density at radius 3 is 1.45 bits per heavy atom. The highest BCUT2D eigenvalue weighted by Crippen LogP contribution is 2.26. The van der Waals surface area contributed by atoms with Crippen LogP contribution in [-0.2, 0) is 33.2 Å². The van der Waals surface area contributed by atoms with Crippen molar-refractivity contribution < 1.29 is 69.0 Å². The number of carbonyl (C=O) groups excluding carboxylic acids is 1. The van der Waals surface area contributed by atoms with Crippen molar-refractivity contribution in [1.29, 1.82) is 0 Å². The van der Waals surface area contributed by atoms with Crippen LogP contribution in [0.15, 0.2) is 97.2 Å². The summed E-state index contributed by atoms with van der Waals surface area (Å²) in [5.74, 6) is -0.402. The first kappa shape index (κ1) is 64.0. The second-order valence-electron chi connectivity index (χ2n) is 18.3. The minimum Gasteiger partial charge on any atom is -0.457 e. The van der Waals surface area contributed by atoms with Crippen molar-refractivity contribution in [2.75, 3.05) is 33.0 Å². The summed E-state index contributed by atoms with van der Waals surface area (Å²) in [5, 5.41) is 72.1. The minimum atomic E-state index is -1.72. The molecular formula is C57H94O14. The van der Waals surface area contributed by atoms with Crippen LogP contribution in [0, 0.1) is 0 Å². The molecule has 0 aliphatic carbocycles. The van der Waals surface area contributed by atoms with Gasteiger partial charge in [-0.3, -0.25) is 4.79 Å². The van der Waals surface area contributed by atoms with Gasteiger partial charge in [-0.2, -0.15) is 0 Å². The lowest BCUT2D eigenvalue weighted by molar-refractivity contribution is -0.332. The normalized spacial score (nSPS) is 26.1. The molecule has 14 heteroatoms. The number of ether oxygens (including phenoxy) is 6. The minimum absolute atomic E-state index is 0.0342. The van der Waals surface area contributed by atoms with Gasteiger partial charge in [-0.1, -0.05) is 156 Å². The van der Waals surface area contributed by atoms with Gasteiger partial charge in [0.1, 0.15) is 54.9 Å². The van der Waals surface area contributed by atoms with Crippen LogP contribution in [0.25, 0.3) is 0 Å². The number of allylic oxidation sites excluding steroid dienone is 16. The third-order valence-corrected chi connectivity index (χ3v) is 12.1. The first-order chi connectivity index (χ1) is 34.6. The van der Waals surface area contributed by atoms with Gasteiger partial charge in [-0.15, -0.1) is 0 Å². The van der Waals surface area contributed by atoms with Crippen LogP contribution in [0.3, 0.4) is 0 Å². The monoisotopic (exact) mass is 1000 g/mol. The van der Waals surface area contributed by atoms with Gasteiger partial charge in [0, 0.05) is 13.0 Å². The van der Waals surface area contributed by atoms with Crippen molar-refractivity contribution in [2.45, 2.75) is 223 Å². The summed E-state index contributed by atoms with van der Waals surface area (Å²) in [6.45, 7) is 3.42. The highest BCUT2D eigenvalue weighted by atomic mass is 16.7. The molecule has 0 aromatic rings. The van der Waals surface area contributed by atoms with E-state index in [-0.39, 0.29) is 19.6 Å². The number of aliphatic hydroxyl groups excluding tert-OH is 7. The molecule has 2 aliphatic heterocycles. The van der Waals surface area contributed by atoms with E-state index in [1.54, 1.807) is 0 Å². The van der Waals surface area contributed by atoms with Gasteiger partial charge >= 0.3 is 5.97 Å². The number of rotatable bonds is 41. The Labute approximate surface area is 426 Å². The average molecular weight is 1000 g/mol. The van der Waals surface area contributed by atoms with E-state index in [0.29, 0.717) is 13.0 Å². The molecule has 2 aliphatic rings. The van der Waals surface area contributed by atoms with Crippen molar-refractivity contribution >= 4 is 5.97 Å². The number of carbonyl (C=O) groups is 1. The van der Waals surface area contributed by atoms with Crippen LogP contribution in [0.5, 0.6) is 0 Å². The molecule has 0 radical (unpaired) electrons. The Bertz CT molecular complexity index is 1540. The second-order valence-corrected chi connectivity index (χ2v) is 18.3. The summed E-state index contributed by atoms with van der Waals surface area (Å²) in [6, 6.07) is 0. The van der Waals surface area contributed by atoms with Gasteiger partial charge in [0.05, 0.1) is 26.4 Å². The van der Waals surface area contributed by atoms with Gasteiger partial charge in [0.25, 0.3) is 0 Å². The third-order valence-electron chi connectivity index (χ3n) is 12.1. The molecule has 2 saturated heterocycles. The number of hydrogen-bond acceptors (Lipinski definition) is 14. The largest absolute Gasteiger partial charge is 0.457 e. The van der Waals surface area contributed by atoms with Gasteiger partial charge in [-0.05, 0) is 89.9 Å². The fraction of sp³-hybridized carbons (Fsp3) is 0.702. The molecule has 14 nitrogen and oxygen atoms in total. The molecule has 0 aromatic heterocycles. The molecule has 0 amide bonds. The fourth-order valence-corrected chi connectivity index (χ4v) is 7.71. The molecule has 0 bridgehead atoms. The Balaban J connectivity index is 1.73. The number of aliphatic hydroxyl groups is 7. The number of hydrogen-bond donors (Lipinski definition) is 7. The van der Waals surface area contributed by atoms with Crippen molar-refractivity contribution in [3.8, 4) is 0 Å². The number of esters is 1. The highest BCUT2D eigenvalue weighted by Gasteiger charge is 2.47. The standard InChI is InChI=1S/C57H94O14/c1-3-5-7-9-11-13-15-16-17-18-19-20-21-22-23-24-25-26-27-28-29-31-33-35-37-39-41-66-43-46(69-49(59)40-38-36-34-32-30-14-12-10-8-6-4-2)44-67-56-55(65)53(63)51(61)48(71-56)45-68-57-54(64)52(62)50(60)47(42-58)70-57/h5,7,10-13,16-17,19-20,22-23,25-26,28-29,46-48,50-58,60-65H,3-4,6,8-9,14-15,18,21,24,27,30-45H2,1-2H3/b7-5-,12-10-,13-11-,17-16-,20-19-,23-22-,26-25-,29-28-. The van der Waals surface area contributed by atoms with Crippen LogP contribution in [0.4, 0.5) is 0 Å². The van der Waals surface area contributed by atoms with Gasteiger partial charge in [0.2, 0.25) is 0 Å². The zero-order valence-corrected chi connectivity index (χ0v) is 43.2. The first-order valence-corrected chi connectivity index (χ1v) is 26.8. The van der Waals surface area contributed by atoms with Crippen LogP contribution in [0.1, 0.15) is 155 Å². The zero-order valence-electron chi connectivity index (χ0n) is 43.2. The summed E-state index contributed by atoms with van der Waals surface area (Å²) in [4.78, 5) is 13.0. The van der Waals surface area contributed by atoms with E-state index in [1.807, 2.05) is 0 Å². The van der Waals surface area contributed by atoms with Gasteiger partial charge < -0.3 is 64.2 Å². The summed E-state index contributed by atoms with van der Waals surface area (Å²) in [5.41, 5.74) is 0. The van der Waals surface area contributed by atoms with Crippen molar-refractivity contribution in [3.63, 3.8) is 0 Å². The molecule has 2 fully saturated rings. The van der Waals surface area contributed by atoms with Crippen molar-refractivity contribution in [2.24, 2.45) is 0 Å². The summed E-state index contributed by atoms with van der Waals surface area (Å²) < 4.78 is 34.2. The molecular weight excluding hydrogens is 909 g/mol. The van der Waals surface area contributed by atoms with E-state index >= 15 is 0 Å². The SMILES string of the molecule is CC/C=C\C/C=C\C/C=C\C/C=C\C/C=C\C/C=C\C/C=C\CCCCCCOCC(COC1OC(COC2OC(CO)C(O)C(O)C2O)C(O)C(O)C1O)OC(=O)CCCCCCC/C=C\CCCC. The third kappa shape index (κ3) is 30.6. The summed E-state index contributed by atoms with van der Waals surface area (Å²) in [7, 11) is 0. The lowest BCUT2D eigenvalue weighted by Gasteiger charge is -2.42. The van der Waals surface area contributed by atoms with Crippen molar-refractivity contribution in [3.05, 3.63) is 97.2 Å². The quantitative estimate of drug-likeness (QED) is 0.0174. The molecule has 0 aromatic carbocycles. The Kier molecular flexibility index (Phi) is 39.1. The molecule has 71 heavy (non-hydrogen) atoms. The smallest absolute Gasteiger partial charge is 0.306 e. The Hall–Kier alpha value is -3.09. The van der Waals surface area contributed by atoms with E-state index in [0.717, 1.165) is 116 Å². The highest BCUT2D eigenvalue weighted by molar-refractivity contribution is 5.69. The van der Waals surface area contributed by atoms with Crippen LogP contribution >= 0.6 is 0 Å². The lowest BCUT2D eigenvalue weighted by atomic mass is 9.98. The molecule has 2 rings (SSSR count). The van der Waals surface area contributed by atoms with Crippen molar-refractivity contribution in [1.82, 2.24) is 0 Å². The average Bonchev–Trinajstić information content (AvgIpc) is 3.37. The van der Waals surface area contributed by atoms with E-state index < -0.39 is 86.7 Å². The molecule has 11 unspecified atom stereocenters. The summed E-state index contributed by atoms with van der Waals surface area (Å²) in [6.07, 6.45) is 40.5. The van der Waals surface area contributed by atoms with Gasteiger partial charge in [0.15, 0.2) is 12.6 Å². The number of unbranched alkanes of at least 4 members (excludes halogenated alkanes) is 11. The van der Waals surface area contributed by atoms with Crippen LogP contribution in [0.2, 0.25) is 0 Å². The predicted octanol–water partition coefficient (Wildman–Crippen LogP) is 8.63. The molecule has 11 atom stereocenters. The topological polar surface area (TPSA) is 214 Å². The van der Waals surface area contributed by atoms with E-state index in [4.69, 9.17) is 28.4 Å². The van der Waals surface area contributed by atoms with E-state index in [9.17, 15) is 40.5 Å². The van der Waals surface area contributed by atoms with Crippen LogP contribution in [-0.4, -0.2) is 142 Å². The Morgan fingerprint density at radius 1 is 0.479 bits per heavy atom. The maximum absolute atomic E-state index is 13.0.